The van der Waals surface area contributed by atoms with Crippen molar-refractivity contribution in [1.29, 1.82) is 0 Å². The Hall–Kier alpha value is -2.92. The quantitative estimate of drug-likeness (QED) is 0.332. The summed E-state index contributed by atoms with van der Waals surface area (Å²) in [7, 11) is -7.95. The lowest BCUT2D eigenvalue weighted by Gasteiger charge is -2.29. The predicted octanol–water partition coefficient (Wildman–Crippen LogP) is 3.11. The second-order valence-corrected chi connectivity index (χ2v) is 17.1. The molecule has 0 unspecified atom stereocenters. The van der Waals surface area contributed by atoms with Crippen molar-refractivity contribution < 1.29 is 40.6 Å². The number of nitrogens with one attached hydrogen (secondary N) is 2. The third-order valence-electron chi connectivity index (χ3n) is 8.29. The van der Waals surface area contributed by atoms with E-state index in [1.54, 1.807) is 24.3 Å². The van der Waals surface area contributed by atoms with Crippen molar-refractivity contribution in [2.24, 2.45) is 11.8 Å². The third-order valence-corrected chi connectivity index (χ3v) is 11.3. The highest BCUT2D eigenvalue weighted by molar-refractivity contribution is 7.89. The largest absolute Gasteiger partial charge is 0.378 e. The van der Waals surface area contributed by atoms with E-state index < -0.39 is 32.1 Å². The number of hydrogen-bond donors (Lipinski definition) is 2. The summed E-state index contributed by atoms with van der Waals surface area (Å²) in [4.78, 5) is 31.0. The van der Waals surface area contributed by atoms with Crippen molar-refractivity contribution >= 4 is 31.9 Å². The SMILES string of the molecule is Cc1ccc(S(=O)(=O)N[C@H](CC(C)C)C(=O)N2CCOCCOCCN(C(=O)[C@@H](CC(C)C)NS(=O)(=O)c3ccc(C)cc3)CCOCC2)cc1. The number of amides is 2. The molecule has 0 saturated carbocycles. The molecule has 1 fully saturated rings. The molecule has 0 aliphatic carbocycles. The van der Waals surface area contributed by atoms with E-state index in [0.717, 1.165) is 11.1 Å². The number of nitrogens with zero attached hydrogens (tertiary/aromatic N) is 2. The first-order chi connectivity index (χ1) is 24.1. The van der Waals surface area contributed by atoms with Gasteiger partial charge in [0, 0.05) is 26.2 Å². The van der Waals surface area contributed by atoms with Crippen molar-refractivity contribution in [1.82, 2.24) is 19.2 Å². The maximum absolute atomic E-state index is 13.9. The summed E-state index contributed by atoms with van der Waals surface area (Å²) in [5.74, 6) is -0.725. The Morgan fingerprint density at radius 1 is 0.569 bits per heavy atom. The molecule has 0 aromatic heterocycles. The zero-order valence-corrected chi connectivity index (χ0v) is 32.4. The standard InChI is InChI=1S/C36H56N4O9S2/c1-27(2)25-33(37-50(43,44)31-11-7-29(5)8-12-31)35(41)39-15-19-47-20-16-40(18-22-49-24-23-48-21-17-39)36(42)34(26-28(3)4)38-51(45,46)32-13-9-30(6)10-14-32/h7-14,27-28,33-34,37-38H,15-26H2,1-6H3/t33-,34-/m1/s1. The minimum Gasteiger partial charge on any atom is -0.378 e. The molecule has 1 heterocycles. The fraction of sp³-hybridized carbons (Fsp3) is 0.611. The van der Waals surface area contributed by atoms with Crippen LogP contribution in [0.3, 0.4) is 0 Å². The molecular weight excluding hydrogens is 697 g/mol. The topological polar surface area (TPSA) is 161 Å². The molecule has 2 amide bonds. The molecule has 13 nitrogen and oxygen atoms in total. The van der Waals surface area contributed by atoms with Gasteiger partial charge in [0.2, 0.25) is 31.9 Å². The molecule has 15 heteroatoms. The van der Waals surface area contributed by atoms with Crippen molar-refractivity contribution in [3.63, 3.8) is 0 Å². The summed E-state index contributed by atoms with van der Waals surface area (Å²) < 4.78 is 75.7. The van der Waals surface area contributed by atoms with Gasteiger partial charge in [0.25, 0.3) is 0 Å². The van der Waals surface area contributed by atoms with Gasteiger partial charge in [-0.25, -0.2) is 16.8 Å². The molecule has 286 valence electrons. The Morgan fingerprint density at radius 2 is 0.863 bits per heavy atom. The first kappa shape index (κ1) is 42.5. The van der Waals surface area contributed by atoms with Crippen LogP contribution in [-0.2, 0) is 43.8 Å². The first-order valence-corrected chi connectivity index (χ1v) is 20.5. The molecule has 1 aliphatic rings. The maximum atomic E-state index is 13.9. The third kappa shape index (κ3) is 14.2. The lowest BCUT2D eigenvalue weighted by molar-refractivity contribution is -0.135. The summed E-state index contributed by atoms with van der Waals surface area (Å²) in [5, 5.41) is 0. The van der Waals surface area contributed by atoms with Crippen LogP contribution < -0.4 is 9.44 Å². The second-order valence-electron chi connectivity index (χ2n) is 13.7. The van der Waals surface area contributed by atoms with Crippen LogP contribution in [0.5, 0.6) is 0 Å². The van der Waals surface area contributed by atoms with Crippen LogP contribution in [0, 0.1) is 25.7 Å². The highest BCUT2D eigenvalue weighted by Crippen LogP contribution is 2.17. The Kier molecular flexibility index (Phi) is 17.0. The Morgan fingerprint density at radius 3 is 1.16 bits per heavy atom. The molecule has 2 atom stereocenters. The van der Waals surface area contributed by atoms with Crippen LogP contribution >= 0.6 is 0 Å². The molecule has 2 N–H and O–H groups in total. The Balaban J connectivity index is 1.72. The van der Waals surface area contributed by atoms with Crippen LogP contribution in [0.1, 0.15) is 51.7 Å². The van der Waals surface area contributed by atoms with Crippen molar-refractivity contribution in [2.75, 3.05) is 65.8 Å². The van der Waals surface area contributed by atoms with Crippen LogP contribution in [0.4, 0.5) is 0 Å². The van der Waals surface area contributed by atoms with E-state index in [-0.39, 0.29) is 112 Å². The van der Waals surface area contributed by atoms with E-state index >= 15 is 0 Å². The molecule has 3 rings (SSSR count). The van der Waals surface area contributed by atoms with E-state index in [1.807, 2.05) is 41.5 Å². The summed E-state index contributed by atoms with van der Waals surface area (Å²) in [6.45, 7) is 13.3. The van der Waals surface area contributed by atoms with Gasteiger partial charge in [0.15, 0.2) is 0 Å². The fourth-order valence-electron chi connectivity index (χ4n) is 5.52. The highest BCUT2D eigenvalue weighted by Gasteiger charge is 2.32. The second kappa shape index (κ2) is 20.4. The molecule has 2 aromatic carbocycles. The summed E-state index contributed by atoms with van der Waals surface area (Å²) in [6.07, 6.45) is 0.580. The predicted molar refractivity (Wildman–Crippen MR) is 195 cm³/mol. The summed E-state index contributed by atoms with van der Waals surface area (Å²) in [5.41, 5.74) is 1.84. The van der Waals surface area contributed by atoms with E-state index in [1.165, 1.54) is 34.1 Å². The van der Waals surface area contributed by atoms with Crippen molar-refractivity contribution in [2.45, 2.75) is 76.3 Å². The molecular formula is C36H56N4O9S2. The Bertz CT molecular complexity index is 1480. The monoisotopic (exact) mass is 752 g/mol. The number of hydrogen-bond acceptors (Lipinski definition) is 9. The summed E-state index contributed by atoms with van der Waals surface area (Å²) >= 11 is 0. The van der Waals surface area contributed by atoms with Gasteiger partial charge in [-0.1, -0.05) is 63.1 Å². The van der Waals surface area contributed by atoms with Crippen LogP contribution in [-0.4, -0.2) is 116 Å². The normalized spacial score (nSPS) is 17.5. The Labute approximate surface area is 304 Å². The average Bonchev–Trinajstić information content (AvgIpc) is 3.06. The van der Waals surface area contributed by atoms with Crippen LogP contribution in [0.15, 0.2) is 58.3 Å². The zero-order valence-electron chi connectivity index (χ0n) is 30.8. The number of ether oxygens (including phenoxy) is 3. The minimum absolute atomic E-state index is 0.0252. The molecule has 0 radical (unpaired) electrons. The molecule has 1 aliphatic heterocycles. The number of aryl methyl sites for hydroxylation is 2. The van der Waals surface area contributed by atoms with E-state index in [4.69, 9.17) is 14.2 Å². The molecule has 2 aromatic rings. The minimum atomic E-state index is -3.97. The van der Waals surface area contributed by atoms with Gasteiger partial charge in [-0.2, -0.15) is 9.44 Å². The first-order valence-electron chi connectivity index (χ1n) is 17.6. The lowest BCUT2D eigenvalue weighted by Crippen LogP contribution is -2.51. The van der Waals surface area contributed by atoms with Gasteiger partial charge in [-0.15, -0.1) is 0 Å². The van der Waals surface area contributed by atoms with E-state index in [0.29, 0.717) is 0 Å². The molecule has 51 heavy (non-hydrogen) atoms. The molecule has 0 spiro atoms. The fourth-order valence-corrected chi connectivity index (χ4v) is 7.92. The van der Waals surface area contributed by atoms with E-state index in [2.05, 4.69) is 9.44 Å². The van der Waals surface area contributed by atoms with Crippen molar-refractivity contribution in [3.8, 4) is 0 Å². The number of benzene rings is 2. The highest BCUT2D eigenvalue weighted by atomic mass is 32.2. The van der Waals surface area contributed by atoms with Gasteiger partial charge < -0.3 is 24.0 Å². The average molecular weight is 753 g/mol. The lowest BCUT2D eigenvalue weighted by atomic mass is 10.0. The maximum Gasteiger partial charge on any atom is 0.241 e. The number of rotatable bonds is 12. The van der Waals surface area contributed by atoms with E-state index in [9.17, 15) is 26.4 Å². The van der Waals surface area contributed by atoms with Crippen molar-refractivity contribution in [3.05, 3.63) is 59.7 Å². The van der Waals surface area contributed by atoms with Gasteiger partial charge in [0.05, 0.1) is 49.4 Å². The van der Waals surface area contributed by atoms with Crippen LogP contribution in [0.25, 0.3) is 0 Å². The summed E-state index contributed by atoms with van der Waals surface area (Å²) in [6, 6.07) is 10.9. The number of carbonyl (C=O) groups is 2. The van der Waals surface area contributed by atoms with Crippen LogP contribution in [0.2, 0.25) is 0 Å². The number of sulfonamides is 2. The molecule has 0 bridgehead atoms. The zero-order chi connectivity index (χ0) is 37.6. The van der Waals surface area contributed by atoms with Gasteiger partial charge in [0.1, 0.15) is 12.1 Å². The van der Waals surface area contributed by atoms with Gasteiger partial charge in [-0.3, -0.25) is 9.59 Å². The number of carbonyl (C=O) groups excluding carboxylic acids is 2. The molecule has 1 saturated heterocycles. The smallest absolute Gasteiger partial charge is 0.241 e. The van der Waals surface area contributed by atoms with Gasteiger partial charge in [-0.05, 0) is 62.8 Å². The van der Waals surface area contributed by atoms with Gasteiger partial charge >= 0.3 is 0 Å².